The van der Waals surface area contributed by atoms with Gasteiger partial charge in [0.1, 0.15) is 0 Å². The van der Waals surface area contributed by atoms with Crippen LogP contribution in [0.1, 0.15) is 52.4 Å². The molecule has 2 N–H and O–H groups in total. The van der Waals surface area contributed by atoms with Crippen LogP contribution in [0.4, 0.5) is 0 Å². The van der Waals surface area contributed by atoms with Gasteiger partial charge >= 0.3 is 0 Å². The number of unbranched alkanes of at least 4 members (excludes halogenated alkanes) is 2. The quantitative estimate of drug-likeness (QED) is 0.561. The highest BCUT2D eigenvalue weighted by Crippen LogP contribution is 2.08. The van der Waals surface area contributed by atoms with Gasteiger partial charge in [0.15, 0.2) is 0 Å². The molecule has 0 heterocycles. The van der Waals surface area contributed by atoms with Gasteiger partial charge in [-0.05, 0) is 12.8 Å². The number of hydrogen-bond donors (Lipinski definition) is 1. The zero-order valence-electron chi connectivity index (χ0n) is 12.3. The lowest BCUT2D eigenvalue weighted by molar-refractivity contribution is -0.130. The van der Waals surface area contributed by atoms with Gasteiger partial charge in [-0.2, -0.15) is 11.8 Å². The van der Waals surface area contributed by atoms with Crippen LogP contribution in [0.3, 0.4) is 0 Å². The van der Waals surface area contributed by atoms with E-state index in [1.165, 1.54) is 0 Å². The van der Waals surface area contributed by atoms with E-state index in [-0.39, 0.29) is 11.8 Å². The number of thioether (sulfide) groups is 1. The van der Waals surface area contributed by atoms with E-state index in [1.807, 2.05) is 4.90 Å². The molecule has 112 valence electrons. The third-order valence-electron chi connectivity index (χ3n) is 2.87. The van der Waals surface area contributed by atoms with Crippen molar-refractivity contribution in [2.45, 2.75) is 52.4 Å². The van der Waals surface area contributed by atoms with E-state index in [0.29, 0.717) is 18.6 Å². The van der Waals surface area contributed by atoms with Crippen LogP contribution < -0.4 is 5.73 Å². The van der Waals surface area contributed by atoms with Gasteiger partial charge < -0.3 is 10.6 Å². The summed E-state index contributed by atoms with van der Waals surface area (Å²) in [6.45, 7) is 6.03. The Morgan fingerprint density at radius 2 is 1.53 bits per heavy atom. The van der Waals surface area contributed by atoms with E-state index in [9.17, 15) is 9.59 Å². The number of nitrogens with two attached hydrogens (primary N) is 1. The maximum Gasteiger partial charge on any atom is 0.223 e. The lowest BCUT2D eigenvalue weighted by Crippen LogP contribution is -2.33. The fourth-order valence-corrected chi connectivity index (χ4v) is 2.52. The second-order valence-corrected chi connectivity index (χ2v) is 5.89. The predicted octanol–water partition coefficient (Wildman–Crippen LogP) is 2.41. The van der Waals surface area contributed by atoms with Crippen molar-refractivity contribution in [3.05, 3.63) is 0 Å². The highest BCUT2D eigenvalue weighted by molar-refractivity contribution is 7.99. The first-order valence-electron chi connectivity index (χ1n) is 7.25. The Labute approximate surface area is 121 Å². The van der Waals surface area contributed by atoms with Gasteiger partial charge in [-0.1, -0.05) is 26.7 Å². The van der Waals surface area contributed by atoms with Crippen molar-refractivity contribution in [1.82, 2.24) is 4.90 Å². The molecular formula is C14H28N2O2S. The van der Waals surface area contributed by atoms with Gasteiger partial charge in [-0.25, -0.2) is 0 Å². The molecule has 2 amide bonds. The summed E-state index contributed by atoms with van der Waals surface area (Å²) in [5, 5.41) is 0. The normalized spacial score (nSPS) is 10.4. The number of rotatable bonds is 12. The number of carbonyl (C=O) groups is 2. The monoisotopic (exact) mass is 288 g/mol. The van der Waals surface area contributed by atoms with Crippen LogP contribution in [-0.2, 0) is 9.59 Å². The number of hydrogen-bond acceptors (Lipinski definition) is 3. The Hall–Kier alpha value is -0.710. The lowest BCUT2D eigenvalue weighted by Gasteiger charge is -2.22. The highest BCUT2D eigenvalue weighted by atomic mass is 32.2. The summed E-state index contributed by atoms with van der Waals surface area (Å²) in [5.41, 5.74) is 5.06. The highest BCUT2D eigenvalue weighted by Gasteiger charge is 2.11. The first-order chi connectivity index (χ1) is 9.11. The van der Waals surface area contributed by atoms with Crippen molar-refractivity contribution in [2.75, 3.05) is 24.6 Å². The Morgan fingerprint density at radius 3 is 2.00 bits per heavy atom. The van der Waals surface area contributed by atoms with E-state index in [0.717, 1.165) is 44.5 Å². The van der Waals surface area contributed by atoms with Crippen LogP contribution in [0.5, 0.6) is 0 Å². The smallest absolute Gasteiger partial charge is 0.223 e. The van der Waals surface area contributed by atoms with Crippen molar-refractivity contribution in [3.63, 3.8) is 0 Å². The van der Waals surface area contributed by atoms with Crippen LogP contribution in [0.2, 0.25) is 0 Å². The van der Waals surface area contributed by atoms with Gasteiger partial charge in [-0.3, -0.25) is 9.59 Å². The molecule has 0 aromatic rings. The standard InChI is InChI=1S/C14H28N2O2S/c1-3-5-9-16(10-6-4-2)14(18)8-12-19-11-7-13(15)17/h3-12H2,1-2H3,(H2,15,17). The number of primary amides is 1. The molecule has 0 spiro atoms. The summed E-state index contributed by atoms with van der Waals surface area (Å²) in [4.78, 5) is 24.6. The molecule has 4 nitrogen and oxygen atoms in total. The van der Waals surface area contributed by atoms with Crippen LogP contribution in [0.25, 0.3) is 0 Å². The zero-order chi connectivity index (χ0) is 14.5. The van der Waals surface area contributed by atoms with Gasteiger partial charge in [0.05, 0.1) is 0 Å². The van der Waals surface area contributed by atoms with E-state index in [4.69, 9.17) is 5.73 Å². The average Bonchev–Trinajstić information content (AvgIpc) is 2.38. The molecule has 0 fully saturated rings. The van der Waals surface area contributed by atoms with Crippen molar-refractivity contribution in [2.24, 2.45) is 5.73 Å². The number of carbonyl (C=O) groups excluding carboxylic acids is 2. The molecule has 0 aromatic carbocycles. The summed E-state index contributed by atoms with van der Waals surface area (Å²) in [6, 6.07) is 0. The molecule has 0 aliphatic rings. The fraction of sp³-hybridized carbons (Fsp3) is 0.857. The molecule has 0 saturated carbocycles. The first kappa shape index (κ1) is 18.3. The van der Waals surface area contributed by atoms with E-state index >= 15 is 0 Å². The van der Waals surface area contributed by atoms with Crippen LogP contribution in [-0.4, -0.2) is 41.3 Å². The largest absolute Gasteiger partial charge is 0.370 e. The third kappa shape index (κ3) is 10.9. The van der Waals surface area contributed by atoms with Crippen molar-refractivity contribution in [1.29, 1.82) is 0 Å². The van der Waals surface area contributed by atoms with Gasteiger partial charge in [0.2, 0.25) is 11.8 Å². The summed E-state index contributed by atoms with van der Waals surface area (Å²) < 4.78 is 0. The Kier molecular flexibility index (Phi) is 11.9. The molecular weight excluding hydrogens is 260 g/mol. The van der Waals surface area contributed by atoms with E-state index in [2.05, 4.69) is 13.8 Å². The second kappa shape index (κ2) is 12.3. The minimum Gasteiger partial charge on any atom is -0.370 e. The topological polar surface area (TPSA) is 63.4 Å². The van der Waals surface area contributed by atoms with E-state index < -0.39 is 0 Å². The number of nitrogens with zero attached hydrogens (tertiary/aromatic N) is 1. The lowest BCUT2D eigenvalue weighted by atomic mass is 10.2. The summed E-state index contributed by atoms with van der Waals surface area (Å²) >= 11 is 1.63. The number of amides is 2. The van der Waals surface area contributed by atoms with Crippen molar-refractivity contribution in [3.8, 4) is 0 Å². The third-order valence-corrected chi connectivity index (χ3v) is 3.85. The Balaban J connectivity index is 3.85. The molecule has 0 aliphatic heterocycles. The molecule has 0 saturated heterocycles. The average molecular weight is 288 g/mol. The fourth-order valence-electron chi connectivity index (χ4n) is 1.65. The van der Waals surface area contributed by atoms with Crippen molar-refractivity contribution >= 4 is 23.6 Å². The van der Waals surface area contributed by atoms with Gasteiger partial charge in [-0.15, -0.1) is 0 Å². The van der Waals surface area contributed by atoms with Crippen LogP contribution in [0, 0.1) is 0 Å². The Morgan fingerprint density at radius 1 is 1.00 bits per heavy atom. The molecule has 19 heavy (non-hydrogen) atoms. The van der Waals surface area contributed by atoms with Crippen molar-refractivity contribution < 1.29 is 9.59 Å². The molecule has 0 unspecified atom stereocenters. The molecule has 5 heteroatoms. The van der Waals surface area contributed by atoms with Crippen LogP contribution in [0.15, 0.2) is 0 Å². The van der Waals surface area contributed by atoms with Gasteiger partial charge in [0, 0.05) is 37.4 Å². The molecule has 0 rings (SSSR count). The minimum atomic E-state index is -0.272. The van der Waals surface area contributed by atoms with Gasteiger partial charge in [0.25, 0.3) is 0 Å². The molecule has 0 atom stereocenters. The van der Waals surface area contributed by atoms with Crippen LogP contribution >= 0.6 is 11.8 Å². The zero-order valence-corrected chi connectivity index (χ0v) is 13.1. The molecule has 0 aromatic heterocycles. The van der Waals surface area contributed by atoms with E-state index in [1.54, 1.807) is 11.8 Å². The first-order valence-corrected chi connectivity index (χ1v) is 8.41. The summed E-state index contributed by atoms with van der Waals surface area (Å²) in [7, 11) is 0. The Bertz CT molecular complexity index is 252. The molecule has 0 bridgehead atoms. The second-order valence-electron chi connectivity index (χ2n) is 4.67. The predicted molar refractivity (Wildman–Crippen MR) is 82.1 cm³/mol. The summed E-state index contributed by atoms with van der Waals surface area (Å²) in [6.07, 6.45) is 5.34. The SMILES string of the molecule is CCCCN(CCCC)C(=O)CCSCCC(N)=O. The maximum atomic E-state index is 12.1. The summed E-state index contributed by atoms with van der Waals surface area (Å²) in [5.74, 6) is 1.47. The molecule has 0 radical (unpaired) electrons. The minimum absolute atomic E-state index is 0.244. The maximum absolute atomic E-state index is 12.1. The molecule has 0 aliphatic carbocycles.